The van der Waals surface area contributed by atoms with Crippen LogP contribution >= 0.6 is 0 Å². The van der Waals surface area contributed by atoms with Crippen molar-refractivity contribution in [1.29, 1.82) is 0 Å². The van der Waals surface area contributed by atoms with E-state index >= 15 is 0 Å². The van der Waals surface area contributed by atoms with Crippen LogP contribution in [0.15, 0.2) is 24.3 Å². The van der Waals surface area contributed by atoms with Gasteiger partial charge in [-0.15, -0.1) is 0 Å². The van der Waals surface area contributed by atoms with Gasteiger partial charge in [-0.1, -0.05) is 0 Å². The van der Waals surface area contributed by atoms with Gasteiger partial charge in [-0.2, -0.15) is 13.2 Å². The summed E-state index contributed by atoms with van der Waals surface area (Å²) in [6.45, 7) is 3.18. The van der Waals surface area contributed by atoms with Gasteiger partial charge in [0, 0.05) is 25.4 Å². The lowest BCUT2D eigenvalue weighted by Gasteiger charge is -2.30. The minimum Gasteiger partial charge on any atom is -0.396 e. The second-order valence-corrected chi connectivity index (χ2v) is 5.92. The van der Waals surface area contributed by atoms with Gasteiger partial charge in [0.05, 0.1) is 5.56 Å². The van der Waals surface area contributed by atoms with Crippen molar-refractivity contribution in [2.24, 2.45) is 5.92 Å². The molecule has 1 saturated heterocycles. The van der Waals surface area contributed by atoms with Crippen LogP contribution in [0, 0.1) is 5.92 Å². The van der Waals surface area contributed by atoms with Gasteiger partial charge in [0.25, 0.3) is 0 Å². The number of nitrogens with one attached hydrogen (secondary N) is 2. The number of nitrogens with zero attached hydrogens (tertiary/aromatic N) is 1. The van der Waals surface area contributed by atoms with Gasteiger partial charge in [-0.3, -0.25) is 0 Å². The Balaban J connectivity index is 1.68. The Hall–Kier alpha value is -1.80. The fourth-order valence-corrected chi connectivity index (χ4v) is 2.64. The molecule has 0 bridgehead atoms. The van der Waals surface area contributed by atoms with E-state index in [4.69, 9.17) is 5.11 Å². The Bertz CT molecular complexity index is 526. The molecule has 0 aliphatic carbocycles. The normalized spacial score (nSPS) is 16.8. The first kappa shape index (κ1) is 18.5. The average Bonchev–Trinajstić information content (AvgIpc) is 2.55. The van der Waals surface area contributed by atoms with E-state index in [1.54, 1.807) is 0 Å². The number of benzene rings is 1. The molecule has 3 N–H and O–H groups in total. The highest BCUT2D eigenvalue weighted by Gasteiger charge is 2.30. The number of urea groups is 1. The Morgan fingerprint density at radius 3 is 2.38 bits per heavy atom. The molecule has 0 atom stereocenters. The molecule has 2 rings (SSSR count). The molecule has 24 heavy (non-hydrogen) atoms. The van der Waals surface area contributed by atoms with Crippen LogP contribution in [0.4, 0.5) is 23.7 Å². The third-order valence-corrected chi connectivity index (χ3v) is 4.15. The molecule has 1 aliphatic heterocycles. The first-order chi connectivity index (χ1) is 11.4. The van der Waals surface area contributed by atoms with E-state index in [1.807, 2.05) is 0 Å². The summed E-state index contributed by atoms with van der Waals surface area (Å²) in [6.07, 6.45) is -2.48. The highest BCUT2D eigenvalue weighted by atomic mass is 19.4. The summed E-state index contributed by atoms with van der Waals surface area (Å²) in [7, 11) is 0. The molecule has 2 amide bonds. The van der Waals surface area contributed by atoms with Gasteiger partial charge in [0.15, 0.2) is 0 Å². The number of carbonyl (C=O) groups is 1. The summed E-state index contributed by atoms with van der Waals surface area (Å²) in [5.41, 5.74) is -0.441. The number of halogens is 3. The van der Waals surface area contributed by atoms with Crippen molar-refractivity contribution in [3.63, 3.8) is 0 Å². The molecule has 0 aromatic heterocycles. The zero-order valence-electron chi connectivity index (χ0n) is 13.3. The van der Waals surface area contributed by atoms with E-state index in [9.17, 15) is 18.0 Å². The number of aliphatic hydroxyl groups is 1. The van der Waals surface area contributed by atoms with Gasteiger partial charge < -0.3 is 20.6 Å². The number of amides is 2. The summed E-state index contributed by atoms with van der Waals surface area (Å²) in [5, 5.41) is 14.3. The second-order valence-electron chi connectivity index (χ2n) is 5.92. The summed E-state index contributed by atoms with van der Waals surface area (Å²) in [4.78, 5) is 14.0. The fraction of sp³-hybridized carbons (Fsp3) is 0.562. The molecule has 8 heteroatoms. The smallest absolute Gasteiger partial charge is 0.396 e. The lowest BCUT2D eigenvalue weighted by molar-refractivity contribution is -0.137. The summed E-state index contributed by atoms with van der Waals surface area (Å²) >= 11 is 0. The van der Waals surface area contributed by atoms with Gasteiger partial charge >= 0.3 is 12.2 Å². The number of hydrogen-bond acceptors (Lipinski definition) is 3. The summed E-state index contributed by atoms with van der Waals surface area (Å²) in [5.74, 6) is 0.372. The molecule has 0 saturated carbocycles. The highest BCUT2D eigenvalue weighted by molar-refractivity contribution is 5.89. The van der Waals surface area contributed by atoms with Crippen LogP contribution in [0.25, 0.3) is 0 Å². The number of alkyl halides is 3. The van der Waals surface area contributed by atoms with Crippen LogP contribution in [0.3, 0.4) is 0 Å². The third-order valence-electron chi connectivity index (χ3n) is 4.15. The molecule has 1 aromatic carbocycles. The molecule has 0 radical (unpaired) electrons. The van der Waals surface area contributed by atoms with Gasteiger partial charge in [0.2, 0.25) is 0 Å². The molecular formula is C16H22F3N3O2. The largest absolute Gasteiger partial charge is 0.416 e. The Morgan fingerprint density at radius 2 is 1.83 bits per heavy atom. The summed E-state index contributed by atoms with van der Waals surface area (Å²) < 4.78 is 37.4. The van der Waals surface area contributed by atoms with Crippen LogP contribution in [0.5, 0.6) is 0 Å². The van der Waals surface area contributed by atoms with Crippen LogP contribution in [-0.4, -0.2) is 48.8 Å². The first-order valence-corrected chi connectivity index (χ1v) is 7.94. The SMILES string of the molecule is O=C(NCCN1CCC(CO)CC1)Nc1ccc(C(F)(F)F)cc1. The van der Waals surface area contributed by atoms with Crippen LogP contribution in [-0.2, 0) is 6.18 Å². The topological polar surface area (TPSA) is 64.6 Å². The Kier molecular flexibility index (Phi) is 6.44. The van der Waals surface area contributed by atoms with E-state index in [-0.39, 0.29) is 6.61 Å². The highest BCUT2D eigenvalue weighted by Crippen LogP contribution is 2.29. The number of rotatable bonds is 5. The van der Waals surface area contributed by atoms with Crippen molar-refractivity contribution >= 4 is 11.7 Å². The maximum atomic E-state index is 12.5. The fourth-order valence-electron chi connectivity index (χ4n) is 2.64. The maximum absolute atomic E-state index is 12.5. The Morgan fingerprint density at radius 1 is 1.21 bits per heavy atom. The predicted octanol–water partition coefficient (Wildman–Crippen LogP) is 2.53. The minimum atomic E-state index is -4.38. The number of hydrogen-bond donors (Lipinski definition) is 3. The lowest BCUT2D eigenvalue weighted by atomic mass is 9.98. The molecular weight excluding hydrogens is 323 g/mol. The van der Waals surface area contributed by atoms with Crippen molar-refractivity contribution < 1.29 is 23.1 Å². The van der Waals surface area contributed by atoms with Crippen molar-refractivity contribution in [3.8, 4) is 0 Å². The number of anilines is 1. The number of piperidine rings is 1. The van der Waals surface area contributed by atoms with E-state index < -0.39 is 17.8 Å². The van der Waals surface area contributed by atoms with Crippen LogP contribution < -0.4 is 10.6 Å². The van der Waals surface area contributed by atoms with E-state index in [2.05, 4.69) is 15.5 Å². The Labute approximate surface area is 138 Å². The second kappa shape index (κ2) is 8.34. The molecule has 0 spiro atoms. The standard InChI is InChI=1S/C16H22F3N3O2/c17-16(18,19)13-1-3-14(4-2-13)21-15(24)20-7-10-22-8-5-12(11-23)6-9-22/h1-4,12,23H,5-11H2,(H2,20,21,24). The first-order valence-electron chi connectivity index (χ1n) is 7.94. The number of carbonyl (C=O) groups excluding carboxylic acids is 1. The zero-order chi connectivity index (χ0) is 17.6. The molecule has 1 aliphatic rings. The van der Waals surface area contributed by atoms with Crippen molar-refractivity contribution in [2.75, 3.05) is 38.1 Å². The predicted molar refractivity (Wildman–Crippen MR) is 84.7 cm³/mol. The number of likely N-dealkylation sites (tertiary alicyclic amines) is 1. The molecule has 1 heterocycles. The molecule has 134 valence electrons. The number of aliphatic hydroxyl groups excluding tert-OH is 1. The van der Waals surface area contributed by atoms with E-state index in [1.165, 1.54) is 12.1 Å². The quantitative estimate of drug-likeness (QED) is 0.768. The van der Waals surface area contributed by atoms with Crippen LogP contribution in [0.1, 0.15) is 18.4 Å². The third kappa shape index (κ3) is 5.68. The monoisotopic (exact) mass is 345 g/mol. The van der Waals surface area contributed by atoms with Crippen LogP contribution in [0.2, 0.25) is 0 Å². The maximum Gasteiger partial charge on any atom is 0.416 e. The van der Waals surface area contributed by atoms with Crippen molar-refractivity contribution in [1.82, 2.24) is 10.2 Å². The van der Waals surface area contributed by atoms with Gasteiger partial charge in [-0.05, 0) is 56.1 Å². The average molecular weight is 345 g/mol. The van der Waals surface area contributed by atoms with Crippen molar-refractivity contribution in [2.45, 2.75) is 19.0 Å². The molecule has 1 aromatic rings. The molecule has 0 unspecified atom stereocenters. The minimum absolute atomic E-state index is 0.224. The molecule has 5 nitrogen and oxygen atoms in total. The lowest BCUT2D eigenvalue weighted by Crippen LogP contribution is -2.41. The summed E-state index contributed by atoms with van der Waals surface area (Å²) in [6, 6.07) is 3.87. The van der Waals surface area contributed by atoms with E-state index in [0.717, 1.165) is 38.1 Å². The molecule has 1 fully saturated rings. The van der Waals surface area contributed by atoms with Gasteiger partial charge in [0.1, 0.15) is 0 Å². The van der Waals surface area contributed by atoms with E-state index in [0.29, 0.717) is 24.7 Å². The van der Waals surface area contributed by atoms with Gasteiger partial charge in [-0.25, -0.2) is 4.79 Å². The van der Waals surface area contributed by atoms with Crippen molar-refractivity contribution in [3.05, 3.63) is 29.8 Å². The zero-order valence-corrected chi connectivity index (χ0v) is 13.3.